The lowest BCUT2D eigenvalue weighted by molar-refractivity contribution is 0.121. The van der Waals surface area contributed by atoms with E-state index >= 15 is 0 Å². The Labute approximate surface area is 123 Å². The van der Waals surface area contributed by atoms with Gasteiger partial charge in [0.15, 0.2) is 0 Å². The lowest BCUT2D eigenvalue weighted by Gasteiger charge is -2.39. The highest BCUT2D eigenvalue weighted by molar-refractivity contribution is 5.27. The molecule has 2 atom stereocenters. The van der Waals surface area contributed by atoms with Crippen LogP contribution in [-0.4, -0.2) is 36.7 Å². The van der Waals surface area contributed by atoms with Crippen LogP contribution >= 0.6 is 0 Å². The second-order valence-electron chi connectivity index (χ2n) is 6.22. The molecule has 112 valence electrons. The van der Waals surface area contributed by atoms with E-state index < -0.39 is 0 Å². The quantitative estimate of drug-likeness (QED) is 0.894. The number of nitrogens with zero attached hydrogens (tertiary/aromatic N) is 1. The molecule has 0 aromatic heterocycles. The van der Waals surface area contributed by atoms with Gasteiger partial charge in [0.05, 0.1) is 7.11 Å². The van der Waals surface area contributed by atoms with E-state index in [4.69, 9.17) is 4.74 Å². The van der Waals surface area contributed by atoms with Gasteiger partial charge in [0, 0.05) is 31.2 Å². The minimum atomic E-state index is 0.566. The summed E-state index contributed by atoms with van der Waals surface area (Å²) in [5.74, 6) is 0.930. The summed E-state index contributed by atoms with van der Waals surface area (Å²) >= 11 is 0. The minimum absolute atomic E-state index is 0.566. The fraction of sp³-hybridized carbons (Fsp3) is 0.647. The van der Waals surface area contributed by atoms with Crippen molar-refractivity contribution < 1.29 is 4.74 Å². The van der Waals surface area contributed by atoms with Crippen LogP contribution in [0.3, 0.4) is 0 Å². The Hall–Kier alpha value is -1.06. The number of nitrogens with one attached hydrogen (secondary N) is 1. The summed E-state index contributed by atoms with van der Waals surface area (Å²) in [6, 6.07) is 10.3. The van der Waals surface area contributed by atoms with Crippen LogP contribution in [0.25, 0.3) is 0 Å². The van der Waals surface area contributed by atoms with Crippen LogP contribution in [-0.2, 0) is 6.54 Å². The zero-order valence-corrected chi connectivity index (χ0v) is 13.2. The fourth-order valence-electron chi connectivity index (χ4n) is 2.97. The van der Waals surface area contributed by atoms with Crippen molar-refractivity contribution in [2.45, 2.75) is 58.3 Å². The SMILES string of the molecule is COc1ccc(CN2C[C@H](NC(C)C)CC[C@@H]2C)cc1. The second-order valence-corrected chi connectivity index (χ2v) is 6.22. The maximum absolute atomic E-state index is 5.22. The van der Waals surface area contributed by atoms with Gasteiger partial charge in [0.25, 0.3) is 0 Å². The Balaban J connectivity index is 1.94. The molecular formula is C17H28N2O. The summed E-state index contributed by atoms with van der Waals surface area (Å²) in [5, 5.41) is 3.67. The van der Waals surface area contributed by atoms with Crippen LogP contribution in [0.1, 0.15) is 39.2 Å². The van der Waals surface area contributed by atoms with Gasteiger partial charge >= 0.3 is 0 Å². The average Bonchev–Trinajstić information content (AvgIpc) is 2.43. The van der Waals surface area contributed by atoms with Crippen molar-refractivity contribution >= 4 is 0 Å². The fourth-order valence-corrected chi connectivity index (χ4v) is 2.97. The molecule has 1 aliphatic heterocycles. The number of benzene rings is 1. The van der Waals surface area contributed by atoms with E-state index in [1.54, 1.807) is 7.11 Å². The number of methoxy groups -OCH3 is 1. The standard InChI is InChI=1S/C17H28N2O/c1-13(2)18-16-8-5-14(3)19(12-16)11-15-6-9-17(20-4)10-7-15/h6-7,9-10,13-14,16,18H,5,8,11-12H2,1-4H3/t14-,16+/m0/s1. The van der Waals surface area contributed by atoms with E-state index in [9.17, 15) is 0 Å². The Kier molecular flexibility index (Phi) is 5.44. The first kappa shape index (κ1) is 15.3. The lowest BCUT2D eigenvalue weighted by atomic mass is 9.98. The topological polar surface area (TPSA) is 24.5 Å². The molecule has 0 unspecified atom stereocenters. The number of hydrogen-bond acceptors (Lipinski definition) is 3. The van der Waals surface area contributed by atoms with Crippen LogP contribution in [0.15, 0.2) is 24.3 Å². The summed E-state index contributed by atoms with van der Waals surface area (Å²) < 4.78 is 5.22. The monoisotopic (exact) mass is 276 g/mol. The Morgan fingerprint density at radius 1 is 1.25 bits per heavy atom. The average molecular weight is 276 g/mol. The third-order valence-electron chi connectivity index (χ3n) is 4.12. The van der Waals surface area contributed by atoms with Gasteiger partial charge in [-0.3, -0.25) is 4.90 Å². The number of ether oxygens (including phenoxy) is 1. The Morgan fingerprint density at radius 3 is 2.55 bits per heavy atom. The molecule has 0 saturated carbocycles. The molecule has 1 heterocycles. The molecule has 1 aliphatic rings. The molecular weight excluding hydrogens is 248 g/mol. The molecule has 1 N–H and O–H groups in total. The van der Waals surface area contributed by atoms with Crippen LogP contribution in [0.2, 0.25) is 0 Å². The molecule has 2 rings (SSSR count). The van der Waals surface area contributed by atoms with Crippen LogP contribution in [0.5, 0.6) is 5.75 Å². The summed E-state index contributed by atoms with van der Waals surface area (Å²) in [6.07, 6.45) is 2.57. The molecule has 3 heteroatoms. The first-order valence-electron chi connectivity index (χ1n) is 7.71. The van der Waals surface area contributed by atoms with Gasteiger partial charge in [-0.05, 0) is 37.5 Å². The number of hydrogen-bond donors (Lipinski definition) is 1. The van der Waals surface area contributed by atoms with E-state index in [-0.39, 0.29) is 0 Å². The van der Waals surface area contributed by atoms with Crippen molar-refractivity contribution in [1.29, 1.82) is 0 Å². The van der Waals surface area contributed by atoms with Gasteiger partial charge in [-0.2, -0.15) is 0 Å². The van der Waals surface area contributed by atoms with Crippen LogP contribution < -0.4 is 10.1 Å². The highest BCUT2D eigenvalue weighted by atomic mass is 16.5. The Bertz CT molecular complexity index is 402. The van der Waals surface area contributed by atoms with Crippen molar-refractivity contribution in [3.63, 3.8) is 0 Å². The zero-order valence-electron chi connectivity index (χ0n) is 13.2. The van der Waals surface area contributed by atoms with Crippen LogP contribution in [0, 0.1) is 0 Å². The minimum Gasteiger partial charge on any atom is -0.497 e. The third kappa shape index (κ3) is 4.22. The molecule has 1 aromatic carbocycles. The number of rotatable bonds is 5. The molecule has 1 fully saturated rings. The van der Waals surface area contributed by atoms with Gasteiger partial charge < -0.3 is 10.1 Å². The van der Waals surface area contributed by atoms with E-state index in [1.165, 1.54) is 18.4 Å². The summed E-state index contributed by atoms with van der Waals surface area (Å²) in [5.41, 5.74) is 1.36. The van der Waals surface area contributed by atoms with Gasteiger partial charge in [-0.1, -0.05) is 26.0 Å². The first-order valence-corrected chi connectivity index (χ1v) is 7.71. The normalized spacial score (nSPS) is 24.1. The van der Waals surface area contributed by atoms with Gasteiger partial charge in [0.1, 0.15) is 5.75 Å². The molecule has 0 amide bonds. The summed E-state index contributed by atoms with van der Waals surface area (Å²) in [7, 11) is 1.71. The predicted octanol–water partition coefficient (Wildman–Crippen LogP) is 3.05. The van der Waals surface area contributed by atoms with E-state index in [0.29, 0.717) is 18.1 Å². The van der Waals surface area contributed by atoms with Gasteiger partial charge in [-0.15, -0.1) is 0 Å². The number of likely N-dealkylation sites (tertiary alicyclic amines) is 1. The highest BCUT2D eigenvalue weighted by Crippen LogP contribution is 2.21. The number of piperidine rings is 1. The summed E-state index contributed by atoms with van der Waals surface area (Å²) in [6.45, 7) is 8.97. The maximum atomic E-state index is 5.22. The highest BCUT2D eigenvalue weighted by Gasteiger charge is 2.25. The largest absolute Gasteiger partial charge is 0.497 e. The van der Waals surface area contributed by atoms with Crippen molar-refractivity contribution in [1.82, 2.24) is 10.2 Å². The Morgan fingerprint density at radius 2 is 1.95 bits per heavy atom. The maximum Gasteiger partial charge on any atom is 0.118 e. The molecule has 1 saturated heterocycles. The molecule has 0 spiro atoms. The van der Waals surface area contributed by atoms with Crippen molar-refractivity contribution in [3.05, 3.63) is 29.8 Å². The predicted molar refractivity (Wildman–Crippen MR) is 84.2 cm³/mol. The van der Waals surface area contributed by atoms with Gasteiger partial charge in [0.2, 0.25) is 0 Å². The van der Waals surface area contributed by atoms with Gasteiger partial charge in [-0.25, -0.2) is 0 Å². The van der Waals surface area contributed by atoms with E-state index in [0.717, 1.165) is 18.8 Å². The smallest absolute Gasteiger partial charge is 0.118 e. The molecule has 0 bridgehead atoms. The molecule has 0 aliphatic carbocycles. The first-order chi connectivity index (χ1) is 9.58. The van der Waals surface area contributed by atoms with E-state index in [2.05, 4.69) is 43.1 Å². The lowest BCUT2D eigenvalue weighted by Crippen LogP contribution is -2.50. The second kappa shape index (κ2) is 7.09. The van der Waals surface area contributed by atoms with Crippen molar-refractivity contribution in [3.8, 4) is 5.75 Å². The van der Waals surface area contributed by atoms with E-state index in [1.807, 2.05) is 12.1 Å². The van der Waals surface area contributed by atoms with Crippen molar-refractivity contribution in [2.75, 3.05) is 13.7 Å². The molecule has 0 radical (unpaired) electrons. The zero-order chi connectivity index (χ0) is 14.5. The van der Waals surface area contributed by atoms with Crippen LogP contribution in [0.4, 0.5) is 0 Å². The molecule has 20 heavy (non-hydrogen) atoms. The molecule has 3 nitrogen and oxygen atoms in total. The summed E-state index contributed by atoms with van der Waals surface area (Å²) in [4.78, 5) is 2.59. The molecule has 1 aromatic rings. The third-order valence-corrected chi connectivity index (χ3v) is 4.12. The van der Waals surface area contributed by atoms with Crippen molar-refractivity contribution in [2.24, 2.45) is 0 Å².